The van der Waals surface area contributed by atoms with Gasteiger partial charge in [0.05, 0.1) is 48.3 Å². The molecule has 3 aliphatic rings. The molecule has 18 atom stereocenters. The predicted octanol–water partition coefficient (Wildman–Crippen LogP) is 1.64. The van der Waals surface area contributed by atoms with E-state index in [1.54, 1.807) is 48.5 Å². The van der Waals surface area contributed by atoms with Crippen LogP contribution in [0.4, 0.5) is 0 Å². The molecule has 0 amide bonds. The Labute approximate surface area is 304 Å². The summed E-state index contributed by atoms with van der Waals surface area (Å²) in [7, 11) is 5.15. The average Bonchev–Trinajstić information content (AvgIpc) is 3.06. The summed E-state index contributed by atoms with van der Waals surface area (Å²) < 4.78 is 37.1. The van der Waals surface area contributed by atoms with E-state index in [1.807, 2.05) is 25.9 Å². The van der Waals surface area contributed by atoms with Gasteiger partial charge in [0.15, 0.2) is 12.6 Å². The molecule has 5 N–H and O–H groups in total. The Bertz CT molecular complexity index is 1140. The highest BCUT2D eigenvalue weighted by Gasteiger charge is 2.53. The van der Waals surface area contributed by atoms with Gasteiger partial charge in [-0.05, 0) is 61.1 Å². The Morgan fingerprint density at radius 1 is 0.922 bits per heavy atom. The van der Waals surface area contributed by atoms with Crippen molar-refractivity contribution in [3.8, 4) is 0 Å². The Balaban J connectivity index is 2.19. The molecule has 18 unspecified atom stereocenters. The number of Topliss-reactive ketones (excluding diaryl/α,β-unsaturated/α-hetero) is 1. The lowest BCUT2D eigenvalue weighted by Gasteiger charge is -2.49. The fourth-order valence-corrected chi connectivity index (χ4v) is 8.40. The van der Waals surface area contributed by atoms with E-state index in [4.69, 9.17) is 28.4 Å². The van der Waals surface area contributed by atoms with Gasteiger partial charge in [-0.2, -0.15) is 0 Å². The van der Waals surface area contributed by atoms with E-state index < -0.39 is 109 Å². The van der Waals surface area contributed by atoms with Gasteiger partial charge in [-0.15, -0.1) is 0 Å². The van der Waals surface area contributed by atoms with Gasteiger partial charge in [-0.25, -0.2) is 0 Å². The third-order valence-electron chi connectivity index (χ3n) is 11.8. The molecule has 3 fully saturated rings. The minimum absolute atomic E-state index is 0.0596. The maximum Gasteiger partial charge on any atom is 0.314 e. The fraction of sp³-hybridized carbons (Fsp3) is 0.946. The van der Waals surface area contributed by atoms with Crippen molar-refractivity contribution < 1.29 is 63.5 Å². The van der Waals surface area contributed by atoms with E-state index in [2.05, 4.69) is 0 Å². The van der Waals surface area contributed by atoms with Crippen LogP contribution in [0.1, 0.15) is 88.0 Å². The quantitative estimate of drug-likeness (QED) is 0.226. The molecule has 0 radical (unpaired) electrons. The van der Waals surface area contributed by atoms with E-state index in [0.717, 1.165) is 0 Å². The van der Waals surface area contributed by atoms with Crippen LogP contribution in [0.25, 0.3) is 0 Å². The summed E-state index contributed by atoms with van der Waals surface area (Å²) in [5.74, 6) is -5.57. The zero-order valence-electron chi connectivity index (χ0n) is 32.7. The van der Waals surface area contributed by atoms with Crippen molar-refractivity contribution in [2.45, 2.75) is 167 Å². The normalized spacial score (nSPS) is 48.3. The van der Waals surface area contributed by atoms with Crippen LogP contribution >= 0.6 is 0 Å². The van der Waals surface area contributed by atoms with E-state index >= 15 is 0 Å². The van der Waals surface area contributed by atoms with Gasteiger partial charge in [0, 0.05) is 43.2 Å². The molecule has 51 heavy (non-hydrogen) atoms. The number of carbonyl (C=O) groups excluding carboxylic acids is 2. The van der Waals surface area contributed by atoms with Crippen molar-refractivity contribution in [1.82, 2.24) is 4.90 Å². The first-order valence-corrected chi connectivity index (χ1v) is 18.6. The first-order chi connectivity index (χ1) is 23.6. The van der Waals surface area contributed by atoms with Crippen molar-refractivity contribution in [1.29, 1.82) is 0 Å². The predicted molar refractivity (Wildman–Crippen MR) is 186 cm³/mol. The Kier molecular flexibility index (Phi) is 15.5. The Morgan fingerprint density at radius 2 is 1.55 bits per heavy atom. The van der Waals surface area contributed by atoms with E-state index in [-0.39, 0.29) is 30.8 Å². The molecule has 0 aromatic carbocycles. The van der Waals surface area contributed by atoms with Crippen LogP contribution < -0.4 is 0 Å². The summed E-state index contributed by atoms with van der Waals surface area (Å²) in [6.07, 6.45) is -9.05. The summed E-state index contributed by atoms with van der Waals surface area (Å²) in [5.41, 5.74) is -2.88. The number of ether oxygens (including phenoxy) is 6. The summed E-state index contributed by atoms with van der Waals surface area (Å²) in [4.78, 5) is 29.8. The molecule has 14 nitrogen and oxygen atoms in total. The number of aliphatic hydroxyl groups excluding tert-OH is 4. The van der Waals surface area contributed by atoms with E-state index in [1.165, 1.54) is 14.0 Å². The van der Waals surface area contributed by atoms with Gasteiger partial charge in [-0.3, -0.25) is 9.59 Å². The van der Waals surface area contributed by atoms with Crippen molar-refractivity contribution in [3.05, 3.63) is 0 Å². The molecule has 0 saturated carbocycles. The van der Waals surface area contributed by atoms with Crippen molar-refractivity contribution in [3.63, 3.8) is 0 Å². The monoisotopic (exact) mass is 733 g/mol. The standard InChI is InChI=1S/C37H67NO13/c1-13-26-20(4)29(41)21(5)28(40)18(2)15-36(8,45)33(51-35-30(42)25(38(10)11)14-19(3)47-35)22(6)31(24(17-39)34(44)49-26)50-27-16-37(9,46-12)32(43)23(7)48-27/h18-27,29-33,35,39,41-43,45H,13-17H2,1-12H3. The highest BCUT2D eigenvalue weighted by molar-refractivity contribution is 5.83. The number of rotatable bonds is 8. The topological polar surface area (TPSA) is 194 Å². The number of methoxy groups -OCH3 is 1. The summed E-state index contributed by atoms with van der Waals surface area (Å²) >= 11 is 0. The number of cyclic esters (lactones) is 1. The molecular formula is C37H67NO13. The van der Waals surface area contributed by atoms with Crippen molar-refractivity contribution >= 4 is 11.8 Å². The number of hydrogen-bond acceptors (Lipinski definition) is 14. The smallest absolute Gasteiger partial charge is 0.314 e. The minimum Gasteiger partial charge on any atom is -0.462 e. The molecule has 3 rings (SSSR count). The second-order valence-electron chi connectivity index (χ2n) is 16.2. The Hall–Kier alpha value is -1.30. The number of ketones is 1. The third kappa shape index (κ3) is 9.88. The SMILES string of the molecule is CCC1OC(=O)C(CO)C(OC2CC(C)(OC)C(O)C(C)O2)C(C)C(OC2OC(C)CC(N(C)C)C2O)C(C)(O)CC(C)C(=O)C(C)C(O)C1C. The second-order valence-corrected chi connectivity index (χ2v) is 16.2. The van der Waals surface area contributed by atoms with Crippen LogP contribution in [0.15, 0.2) is 0 Å². The van der Waals surface area contributed by atoms with Crippen LogP contribution in [0.3, 0.4) is 0 Å². The number of esters is 1. The second kappa shape index (κ2) is 17.9. The zero-order chi connectivity index (χ0) is 38.7. The van der Waals surface area contributed by atoms with Crippen LogP contribution in [0.2, 0.25) is 0 Å². The molecule has 14 heteroatoms. The van der Waals surface area contributed by atoms with Crippen LogP contribution in [-0.2, 0) is 38.0 Å². The molecular weight excluding hydrogens is 666 g/mol. The average molecular weight is 734 g/mol. The molecule has 0 aromatic rings. The lowest BCUT2D eigenvalue weighted by atomic mass is 9.74. The highest BCUT2D eigenvalue weighted by atomic mass is 16.7. The van der Waals surface area contributed by atoms with Crippen LogP contribution in [-0.4, -0.2) is 149 Å². The van der Waals surface area contributed by atoms with E-state index in [9.17, 15) is 35.1 Å². The van der Waals surface area contributed by atoms with Gasteiger partial charge in [-0.1, -0.05) is 34.6 Å². The van der Waals surface area contributed by atoms with E-state index in [0.29, 0.717) is 12.8 Å². The highest BCUT2D eigenvalue weighted by Crippen LogP contribution is 2.40. The molecule has 0 spiro atoms. The van der Waals surface area contributed by atoms with Gasteiger partial charge in [0.2, 0.25) is 0 Å². The summed E-state index contributed by atoms with van der Waals surface area (Å²) in [6, 6.07) is -0.337. The van der Waals surface area contributed by atoms with Crippen LogP contribution in [0.5, 0.6) is 0 Å². The van der Waals surface area contributed by atoms with Crippen molar-refractivity contribution in [2.24, 2.45) is 29.6 Å². The third-order valence-corrected chi connectivity index (χ3v) is 11.8. The summed E-state index contributed by atoms with van der Waals surface area (Å²) in [5, 5.41) is 56.9. The van der Waals surface area contributed by atoms with Gasteiger partial charge < -0.3 is 58.9 Å². The summed E-state index contributed by atoms with van der Waals surface area (Å²) in [6.45, 7) is 14.6. The maximum absolute atomic E-state index is 14.1. The zero-order valence-corrected chi connectivity index (χ0v) is 32.7. The number of nitrogens with zero attached hydrogens (tertiary/aromatic N) is 1. The lowest BCUT2D eigenvalue weighted by molar-refractivity contribution is -0.318. The fourth-order valence-electron chi connectivity index (χ4n) is 8.40. The first-order valence-electron chi connectivity index (χ1n) is 18.6. The number of hydrogen-bond donors (Lipinski definition) is 5. The van der Waals surface area contributed by atoms with Gasteiger partial charge >= 0.3 is 5.97 Å². The van der Waals surface area contributed by atoms with Gasteiger partial charge in [0.25, 0.3) is 0 Å². The minimum atomic E-state index is -1.80. The largest absolute Gasteiger partial charge is 0.462 e. The molecule has 0 bridgehead atoms. The molecule has 0 aliphatic carbocycles. The van der Waals surface area contributed by atoms with Crippen molar-refractivity contribution in [2.75, 3.05) is 27.8 Å². The molecule has 3 saturated heterocycles. The number of carbonyl (C=O) groups is 2. The number of likely N-dealkylation sites (N-methyl/N-ethyl adjacent to an activating group) is 1. The molecule has 298 valence electrons. The Morgan fingerprint density at radius 3 is 2.10 bits per heavy atom. The molecule has 3 heterocycles. The van der Waals surface area contributed by atoms with Gasteiger partial charge in [0.1, 0.15) is 30.0 Å². The molecule has 0 aromatic heterocycles. The lowest BCUT2D eigenvalue weighted by Crippen LogP contribution is -2.61. The maximum atomic E-state index is 14.1. The molecule has 3 aliphatic heterocycles. The van der Waals surface area contributed by atoms with Crippen LogP contribution in [0, 0.1) is 29.6 Å². The number of aliphatic hydroxyl groups is 5. The first kappa shape index (κ1) is 44.1.